The molecule has 1 aromatic carbocycles. The quantitative estimate of drug-likeness (QED) is 0.153. The first-order valence-corrected chi connectivity index (χ1v) is 13.6. The molecule has 0 bridgehead atoms. The van der Waals surface area contributed by atoms with Crippen LogP contribution in [0.4, 0.5) is 0 Å². The van der Waals surface area contributed by atoms with Crippen molar-refractivity contribution in [1.82, 2.24) is 4.90 Å². The van der Waals surface area contributed by atoms with Crippen molar-refractivity contribution in [3.63, 3.8) is 0 Å². The maximum absolute atomic E-state index is 14.1. The molecule has 0 spiro atoms. The number of carboxylic acids is 1. The number of aliphatic hydroxyl groups is 7. The molecule has 5 rings (SSSR count). The number of hydrogen-bond donors (Lipinski definition) is 9. The van der Waals surface area contributed by atoms with Gasteiger partial charge in [-0.05, 0) is 32.6 Å². The number of likely N-dealkylation sites (N-methyl/N-ethyl adjacent to an activating group) is 1. The summed E-state index contributed by atoms with van der Waals surface area (Å²) in [5, 5.41) is 85.5. The summed E-state index contributed by atoms with van der Waals surface area (Å²) in [7, 11) is 2.86. The smallest absolute Gasteiger partial charge is 0.335 e. The van der Waals surface area contributed by atoms with E-state index in [2.05, 4.69) is 0 Å². The van der Waals surface area contributed by atoms with Gasteiger partial charge in [0.1, 0.15) is 41.2 Å². The summed E-state index contributed by atoms with van der Waals surface area (Å²) >= 11 is 6.39. The second kappa shape index (κ2) is 10.8. The molecule has 1 aromatic rings. The van der Waals surface area contributed by atoms with Crippen LogP contribution in [0.2, 0.25) is 5.02 Å². The van der Waals surface area contributed by atoms with Crippen molar-refractivity contribution in [3.05, 3.63) is 45.2 Å². The number of amides is 1. The Hall–Kier alpha value is -3.61. The van der Waals surface area contributed by atoms with E-state index in [-0.39, 0.29) is 17.0 Å². The molecular formula is C27H29ClN2O14. The molecule has 3 aliphatic carbocycles. The first-order chi connectivity index (χ1) is 20.5. The minimum atomic E-state index is -2.94. The average Bonchev–Trinajstić information content (AvgIpc) is 2.93. The van der Waals surface area contributed by atoms with E-state index in [1.807, 2.05) is 0 Å². The minimum Gasteiger partial charge on any atom is -0.508 e. The van der Waals surface area contributed by atoms with Gasteiger partial charge in [-0.15, -0.1) is 0 Å². The molecule has 0 aromatic heterocycles. The van der Waals surface area contributed by atoms with Crippen molar-refractivity contribution >= 4 is 40.8 Å². The van der Waals surface area contributed by atoms with Gasteiger partial charge >= 0.3 is 5.97 Å². The number of ketones is 2. The SMILES string of the molecule is CN(C)[C@@H]1C(=O)C(C(N)=O)=C(O)[C@@]2(O)C(=O)C3=C(O)c4c(OC5OC(C(=O)O)C(O)C(O)C5O)ccc(Cl)c4[C@@H](O)[C@H]3C[C@@H]12. The number of carbonyl (C=O) groups excluding carboxylic acids is 3. The van der Waals surface area contributed by atoms with E-state index in [0.29, 0.717) is 0 Å². The number of primary amides is 1. The highest BCUT2D eigenvalue weighted by molar-refractivity contribution is 6.32. The van der Waals surface area contributed by atoms with Crippen LogP contribution in [-0.2, 0) is 23.9 Å². The molecule has 4 aliphatic rings. The average molecular weight is 641 g/mol. The van der Waals surface area contributed by atoms with Crippen LogP contribution < -0.4 is 10.5 Å². The van der Waals surface area contributed by atoms with Gasteiger partial charge in [-0.2, -0.15) is 0 Å². The first kappa shape index (κ1) is 31.8. The molecule has 0 radical (unpaired) electrons. The lowest BCUT2D eigenvalue weighted by molar-refractivity contribution is -0.271. The molecule has 10 N–H and O–H groups in total. The topological polar surface area (TPSA) is 278 Å². The second-order valence-electron chi connectivity index (χ2n) is 11.3. The Morgan fingerprint density at radius 1 is 1.09 bits per heavy atom. The summed E-state index contributed by atoms with van der Waals surface area (Å²) in [5.41, 5.74) is 0.115. The monoisotopic (exact) mass is 640 g/mol. The zero-order valence-corrected chi connectivity index (χ0v) is 23.7. The number of aliphatic hydroxyl groups excluding tert-OH is 6. The highest BCUT2D eigenvalue weighted by Gasteiger charge is 2.65. The van der Waals surface area contributed by atoms with Gasteiger partial charge in [0.25, 0.3) is 5.91 Å². The molecule has 1 saturated heterocycles. The van der Waals surface area contributed by atoms with Crippen molar-refractivity contribution < 1.29 is 69.5 Å². The van der Waals surface area contributed by atoms with Crippen LogP contribution in [0, 0.1) is 11.8 Å². The minimum absolute atomic E-state index is 0.134. The lowest BCUT2D eigenvalue weighted by Crippen LogP contribution is -2.66. The normalized spacial score (nSPS) is 37.0. The lowest BCUT2D eigenvalue weighted by atomic mass is 9.57. The Labute approximate surface area is 252 Å². The summed E-state index contributed by atoms with van der Waals surface area (Å²) in [5.74, 6) is -10.8. The second-order valence-corrected chi connectivity index (χ2v) is 11.7. The molecule has 1 aliphatic heterocycles. The van der Waals surface area contributed by atoms with Gasteiger partial charge in [0.2, 0.25) is 12.1 Å². The molecule has 16 nitrogen and oxygen atoms in total. The van der Waals surface area contributed by atoms with E-state index < -0.39 is 118 Å². The number of aliphatic carboxylic acids is 1. The number of rotatable bonds is 5. The van der Waals surface area contributed by atoms with Crippen molar-refractivity contribution in [2.24, 2.45) is 17.6 Å². The number of benzene rings is 1. The largest absolute Gasteiger partial charge is 0.508 e. The summed E-state index contributed by atoms with van der Waals surface area (Å²) < 4.78 is 10.7. The van der Waals surface area contributed by atoms with Crippen LogP contribution >= 0.6 is 11.6 Å². The number of carboxylic acid groups (broad SMARTS) is 1. The summed E-state index contributed by atoms with van der Waals surface area (Å²) in [6, 6.07) is 0.968. The van der Waals surface area contributed by atoms with Gasteiger partial charge in [0, 0.05) is 28.0 Å². The van der Waals surface area contributed by atoms with Gasteiger partial charge in [-0.1, -0.05) is 11.6 Å². The fourth-order valence-corrected chi connectivity index (χ4v) is 6.87. The van der Waals surface area contributed by atoms with Crippen LogP contribution in [0.3, 0.4) is 0 Å². The van der Waals surface area contributed by atoms with Crippen LogP contribution in [0.15, 0.2) is 29.0 Å². The molecule has 44 heavy (non-hydrogen) atoms. The van der Waals surface area contributed by atoms with Crippen LogP contribution in [-0.4, -0.2) is 126 Å². The molecule has 5 unspecified atom stereocenters. The molecule has 238 valence electrons. The zero-order valence-electron chi connectivity index (χ0n) is 23.0. The third-order valence-corrected chi connectivity index (χ3v) is 9.01. The fourth-order valence-electron chi connectivity index (χ4n) is 6.60. The van der Waals surface area contributed by atoms with Gasteiger partial charge in [0.05, 0.1) is 17.7 Å². The van der Waals surface area contributed by atoms with Crippen LogP contribution in [0.25, 0.3) is 5.76 Å². The number of carbonyl (C=O) groups is 4. The van der Waals surface area contributed by atoms with Crippen molar-refractivity contribution in [1.29, 1.82) is 0 Å². The Balaban J connectivity index is 1.67. The third kappa shape index (κ3) is 4.33. The summed E-state index contributed by atoms with van der Waals surface area (Å²) in [6.45, 7) is 0. The summed E-state index contributed by atoms with van der Waals surface area (Å²) in [4.78, 5) is 52.2. The van der Waals surface area contributed by atoms with Crippen LogP contribution in [0.1, 0.15) is 23.7 Å². The number of ether oxygens (including phenoxy) is 2. The van der Waals surface area contributed by atoms with Crippen LogP contribution in [0.5, 0.6) is 5.75 Å². The number of halogens is 1. The maximum atomic E-state index is 14.1. The van der Waals surface area contributed by atoms with E-state index in [1.54, 1.807) is 0 Å². The standard InChI is InChI=1S/C27H29ClN2O14/c1-30(2)14-7-5-6-10(22(37)27(7,42)23(38)13(17(14)33)24(29)39)16(32)12-9(4-3-8(28)11(12)15(6)31)43-26-20(36)18(34)19(35)21(44-26)25(40)41/h3-4,6-7,14-15,18-21,26,31-32,34-36,38,42H,5H2,1-2H3,(H2,29,39)(H,40,41)/t6-,7-,14-,15-,18?,19?,20?,21?,26?,27-/m0/s1. The van der Waals surface area contributed by atoms with Gasteiger partial charge in [-0.3, -0.25) is 19.3 Å². The van der Waals surface area contributed by atoms with Gasteiger partial charge < -0.3 is 56.1 Å². The highest BCUT2D eigenvalue weighted by Crippen LogP contribution is 2.56. The van der Waals surface area contributed by atoms with Crippen molar-refractivity contribution in [3.8, 4) is 5.75 Å². The third-order valence-electron chi connectivity index (χ3n) is 8.68. The number of hydrogen-bond acceptors (Lipinski definition) is 14. The molecule has 1 saturated carbocycles. The number of nitrogens with zero attached hydrogens (tertiary/aromatic N) is 1. The maximum Gasteiger partial charge on any atom is 0.335 e. The first-order valence-electron chi connectivity index (χ1n) is 13.2. The van der Waals surface area contributed by atoms with E-state index in [0.717, 1.165) is 6.07 Å². The highest BCUT2D eigenvalue weighted by atomic mass is 35.5. The van der Waals surface area contributed by atoms with Gasteiger partial charge in [0.15, 0.2) is 17.5 Å². The van der Waals surface area contributed by atoms with Gasteiger partial charge in [-0.25, -0.2) is 4.79 Å². The zero-order chi connectivity index (χ0) is 32.7. The molecule has 17 heteroatoms. The Bertz CT molecular complexity index is 1540. The lowest BCUT2D eigenvalue weighted by Gasteiger charge is -2.51. The van der Waals surface area contributed by atoms with E-state index >= 15 is 0 Å². The molecule has 2 fully saturated rings. The van der Waals surface area contributed by atoms with E-state index in [9.17, 15) is 60.0 Å². The molecular weight excluding hydrogens is 612 g/mol. The number of nitrogens with two attached hydrogens (primary N) is 1. The Kier molecular flexibility index (Phi) is 7.79. The molecule has 1 heterocycles. The van der Waals surface area contributed by atoms with Crippen molar-refractivity contribution in [2.45, 2.75) is 54.9 Å². The van der Waals surface area contributed by atoms with Crippen molar-refractivity contribution in [2.75, 3.05) is 14.1 Å². The summed E-state index contributed by atoms with van der Waals surface area (Å²) in [6.07, 6.45) is -12.2. The van der Waals surface area contributed by atoms with E-state index in [4.69, 9.17) is 26.8 Å². The Morgan fingerprint density at radius 3 is 2.30 bits per heavy atom. The molecule has 1 amide bonds. The molecule has 10 atom stereocenters. The predicted octanol–water partition coefficient (Wildman–Crippen LogP) is -2.33. The Morgan fingerprint density at radius 2 is 1.73 bits per heavy atom. The number of Topliss-reactive ketones (excluding diaryl/α,β-unsaturated/α-hetero) is 2. The number of fused-ring (bicyclic) bond motifs is 3. The predicted molar refractivity (Wildman–Crippen MR) is 144 cm³/mol. The van der Waals surface area contributed by atoms with E-state index in [1.165, 1.54) is 25.1 Å². The fraction of sp³-hybridized carbons (Fsp3) is 0.481.